The Bertz CT molecular complexity index is 587. The van der Waals surface area contributed by atoms with Crippen LogP contribution in [0, 0.1) is 12.8 Å². The molecule has 2 aliphatic rings. The molecule has 1 aliphatic heterocycles. The maximum Gasteiger partial charge on any atom is 0.229 e. The fourth-order valence-corrected chi connectivity index (χ4v) is 3.05. The summed E-state index contributed by atoms with van der Waals surface area (Å²) in [6, 6.07) is -0.304. The van der Waals surface area contributed by atoms with Crippen LogP contribution in [-0.2, 0) is 16.0 Å². The van der Waals surface area contributed by atoms with Gasteiger partial charge in [-0.2, -0.15) is 0 Å². The van der Waals surface area contributed by atoms with Crippen LogP contribution in [0.5, 0.6) is 0 Å². The van der Waals surface area contributed by atoms with Gasteiger partial charge in [-0.1, -0.05) is 16.7 Å². The van der Waals surface area contributed by atoms with E-state index in [-0.39, 0.29) is 43.2 Å². The lowest BCUT2D eigenvalue weighted by atomic mass is 9.85. The zero-order chi connectivity index (χ0) is 16.4. The minimum atomic E-state index is -1.05. The number of carbonyl (C=O) groups is 2. The number of likely N-dealkylation sites (tertiary alicyclic amines) is 1. The van der Waals surface area contributed by atoms with Crippen molar-refractivity contribution in [2.75, 3.05) is 13.1 Å². The van der Waals surface area contributed by atoms with Crippen LogP contribution in [0.4, 0.5) is 4.39 Å². The number of carbonyl (C=O) groups excluding carboxylic acids is 2. The van der Waals surface area contributed by atoms with Gasteiger partial charge in [-0.25, -0.2) is 9.02 Å². The standard InChI is InChI=1S/C15H21FN4O3/c1-9-13(19-23-18-9)6-14(21)20-8-11(16)5-12(20)7-17-15(22)10-3-2-4-10/h10-12H,2-8H2,1H3,(H,17,22). The Morgan fingerprint density at radius 3 is 2.78 bits per heavy atom. The van der Waals surface area contributed by atoms with Crippen LogP contribution >= 0.6 is 0 Å². The predicted molar refractivity (Wildman–Crippen MR) is 78.1 cm³/mol. The molecule has 0 aromatic carbocycles. The van der Waals surface area contributed by atoms with Crippen LogP contribution in [0.3, 0.4) is 0 Å². The second-order valence-corrected chi connectivity index (χ2v) is 6.38. The Balaban J connectivity index is 1.56. The van der Waals surface area contributed by atoms with Gasteiger partial charge in [-0.15, -0.1) is 0 Å². The molecular weight excluding hydrogens is 303 g/mol. The molecule has 8 heteroatoms. The van der Waals surface area contributed by atoms with Crippen molar-refractivity contribution >= 4 is 11.8 Å². The van der Waals surface area contributed by atoms with E-state index in [1.165, 1.54) is 4.90 Å². The van der Waals surface area contributed by atoms with Crippen molar-refractivity contribution in [2.24, 2.45) is 5.92 Å². The van der Waals surface area contributed by atoms with Crippen molar-refractivity contribution in [3.05, 3.63) is 11.4 Å². The highest BCUT2D eigenvalue weighted by atomic mass is 19.1. The molecule has 0 radical (unpaired) electrons. The average molecular weight is 324 g/mol. The number of aryl methyl sites for hydroxylation is 1. The molecule has 0 spiro atoms. The first-order valence-corrected chi connectivity index (χ1v) is 8.04. The van der Waals surface area contributed by atoms with Gasteiger partial charge in [-0.3, -0.25) is 9.59 Å². The molecule has 1 N–H and O–H groups in total. The number of halogens is 1. The first-order chi connectivity index (χ1) is 11.0. The van der Waals surface area contributed by atoms with Crippen LogP contribution in [-0.4, -0.2) is 52.3 Å². The van der Waals surface area contributed by atoms with Crippen LogP contribution in [0.1, 0.15) is 37.1 Å². The molecule has 23 heavy (non-hydrogen) atoms. The Morgan fingerprint density at radius 2 is 2.17 bits per heavy atom. The van der Waals surface area contributed by atoms with E-state index in [1.807, 2.05) is 0 Å². The lowest BCUT2D eigenvalue weighted by Gasteiger charge is -2.27. The van der Waals surface area contributed by atoms with E-state index in [1.54, 1.807) is 6.92 Å². The van der Waals surface area contributed by atoms with E-state index >= 15 is 0 Å². The molecule has 0 bridgehead atoms. The summed E-state index contributed by atoms with van der Waals surface area (Å²) in [5, 5.41) is 10.2. The van der Waals surface area contributed by atoms with Gasteiger partial charge in [0.2, 0.25) is 11.8 Å². The van der Waals surface area contributed by atoms with Crippen molar-refractivity contribution in [1.29, 1.82) is 0 Å². The Labute approximate surface area is 133 Å². The van der Waals surface area contributed by atoms with Gasteiger partial charge in [0.1, 0.15) is 17.6 Å². The number of nitrogens with one attached hydrogen (secondary N) is 1. The van der Waals surface area contributed by atoms with Gasteiger partial charge < -0.3 is 10.2 Å². The fraction of sp³-hybridized carbons (Fsp3) is 0.733. The molecule has 1 aromatic heterocycles. The number of hydrogen-bond acceptors (Lipinski definition) is 5. The number of amides is 2. The van der Waals surface area contributed by atoms with Gasteiger partial charge in [0.15, 0.2) is 0 Å². The normalized spacial score (nSPS) is 24.5. The van der Waals surface area contributed by atoms with Crippen LogP contribution in [0.15, 0.2) is 4.63 Å². The molecule has 2 unspecified atom stereocenters. The molecule has 1 saturated carbocycles. The van der Waals surface area contributed by atoms with E-state index in [9.17, 15) is 14.0 Å². The molecule has 7 nitrogen and oxygen atoms in total. The summed E-state index contributed by atoms with van der Waals surface area (Å²) in [4.78, 5) is 25.8. The van der Waals surface area contributed by atoms with Crippen molar-refractivity contribution in [3.63, 3.8) is 0 Å². The summed E-state index contributed by atoms with van der Waals surface area (Å²) < 4.78 is 18.3. The van der Waals surface area contributed by atoms with Gasteiger partial charge >= 0.3 is 0 Å². The van der Waals surface area contributed by atoms with E-state index in [2.05, 4.69) is 20.3 Å². The summed E-state index contributed by atoms with van der Waals surface area (Å²) in [6.07, 6.45) is 2.17. The second-order valence-electron chi connectivity index (χ2n) is 6.38. The van der Waals surface area contributed by atoms with Crippen molar-refractivity contribution in [3.8, 4) is 0 Å². The molecule has 1 aliphatic carbocycles. The van der Waals surface area contributed by atoms with E-state index in [4.69, 9.17) is 0 Å². The SMILES string of the molecule is Cc1nonc1CC(=O)N1CC(F)CC1CNC(=O)C1CCC1. The fourth-order valence-electron chi connectivity index (χ4n) is 3.05. The number of alkyl halides is 1. The summed E-state index contributed by atoms with van der Waals surface area (Å²) in [6.45, 7) is 2.07. The summed E-state index contributed by atoms with van der Waals surface area (Å²) >= 11 is 0. The number of rotatable bonds is 5. The van der Waals surface area contributed by atoms with Crippen LogP contribution in [0.25, 0.3) is 0 Å². The third kappa shape index (κ3) is 3.51. The first kappa shape index (κ1) is 15.9. The van der Waals surface area contributed by atoms with Gasteiger partial charge in [0.25, 0.3) is 0 Å². The van der Waals surface area contributed by atoms with Crippen LogP contribution < -0.4 is 5.32 Å². The Hall–Kier alpha value is -1.99. The minimum Gasteiger partial charge on any atom is -0.354 e. The van der Waals surface area contributed by atoms with Crippen LogP contribution in [0.2, 0.25) is 0 Å². The summed E-state index contributed by atoms with van der Waals surface area (Å²) in [5.74, 6) is -0.111. The average Bonchev–Trinajstić information content (AvgIpc) is 3.01. The third-order valence-corrected chi connectivity index (χ3v) is 4.74. The van der Waals surface area contributed by atoms with Crippen molar-refractivity contribution < 1.29 is 18.6 Å². The quantitative estimate of drug-likeness (QED) is 0.864. The maximum absolute atomic E-state index is 13.7. The van der Waals surface area contributed by atoms with Gasteiger partial charge in [-0.05, 0) is 19.8 Å². The highest BCUT2D eigenvalue weighted by molar-refractivity contribution is 5.80. The Kier molecular flexibility index (Phi) is 4.58. The molecule has 2 fully saturated rings. The van der Waals surface area contributed by atoms with Crippen molar-refractivity contribution in [2.45, 2.75) is 51.2 Å². The van der Waals surface area contributed by atoms with Gasteiger partial charge in [0, 0.05) is 18.9 Å². The molecule has 3 rings (SSSR count). The van der Waals surface area contributed by atoms with E-state index in [0.717, 1.165) is 19.3 Å². The first-order valence-electron chi connectivity index (χ1n) is 8.04. The van der Waals surface area contributed by atoms with Crippen molar-refractivity contribution in [1.82, 2.24) is 20.5 Å². The zero-order valence-corrected chi connectivity index (χ0v) is 13.1. The minimum absolute atomic E-state index is 0.0162. The Morgan fingerprint density at radius 1 is 1.39 bits per heavy atom. The monoisotopic (exact) mass is 324 g/mol. The van der Waals surface area contributed by atoms with Gasteiger partial charge in [0.05, 0.1) is 19.0 Å². The number of nitrogens with zero attached hydrogens (tertiary/aromatic N) is 3. The molecular formula is C15H21FN4O3. The number of aromatic nitrogens is 2. The maximum atomic E-state index is 13.7. The molecule has 2 amide bonds. The zero-order valence-electron chi connectivity index (χ0n) is 13.1. The third-order valence-electron chi connectivity index (χ3n) is 4.74. The lowest BCUT2D eigenvalue weighted by molar-refractivity contribution is -0.133. The molecule has 2 heterocycles. The topological polar surface area (TPSA) is 88.3 Å². The molecule has 126 valence electrons. The molecule has 1 aromatic rings. The molecule has 1 saturated heterocycles. The van der Waals surface area contributed by atoms with E-state index < -0.39 is 6.17 Å². The predicted octanol–water partition coefficient (Wildman–Crippen LogP) is 0.776. The molecule has 2 atom stereocenters. The van der Waals surface area contributed by atoms with E-state index in [0.29, 0.717) is 17.9 Å². The largest absolute Gasteiger partial charge is 0.354 e. The lowest BCUT2D eigenvalue weighted by Crippen LogP contribution is -2.45. The smallest absolute Gasteiger partial charge is 0.229 e. The highest BCUT2D eigenvalue weighted by Crippen LogP contribution is 2.26. The summed E-state index contributed by atoms with van der Waals surface area (Å²) in [5.41, 5.74) is 1.03. The number of hydrogen-bond donors (Lipinski definition) is 1. The highest BCUT2D eigenvalue weighted by Gasteiger charge is 2.36. The summed E-state index contributed by atoms with van der Waals surface area (Å²) in [7, 11) is 0. The second kappa shape index (κ2) is 6.64.